The van der Waals surface area contributed by atoms with Crippen molar-refractivity contribution in [3.05, 3.63) is 66.0 Å². The zero-order valence-electron chi connectivity index (χ0n) is 13.6. The van der Waals surface area contributed by atoms with E-state index in [1.54, 1.807) is 30.3 Å². The van der Waals surface area contributed by atoms with Crippen molar-refractivity contribution in [1.82, 2.24) is 9.62 Å². The summed E-state index contributed by atoms with van der Waals surface area (Å²) in [6.45, 7) is 0.624. The summed E-state index contributed by atoms with van der Waals surface area (Å²) in [5, 5.41) is 2.71. The van der Waals surface area contributed by atoms with Crippen LogP contribution in [0.25, 0.3) is 0 Å². The molecule has 0 saturated carbocycles. The summed E-state index contributed by atoms with van der Waals surface area (Å²) in [4.78, 5) is 12.4. The number of carbonyl (C=O) groups excluding carboxylic acids is 1. The third-order valence-corrected chi connectivity index (χ3v) is 6.22. The Balaban J connectivity index is 1.69. The van der Waals surface area contributed by atoms with Crippen LogP contribution in [0.1, 0.15) is 23.2 Å². The van der Waals surface area contributed by atoms with Gasteiger partial charge in [0.1, 0.15) is 5.82 Å². The highest BCUT2D eigenvalue weighted by Crippen LogP contribution is 2.25. The van der Waals surface area contributed by atoms with Crippen LogP contribution in [0.15, 0.2) is 59.5 Å². The van der Waals surface area contributed by atoms with E-state index >= 15 is 0 Å². The molecule has 1 aliphatic rings. The Morgan fingerprint density at radius 3 is 2.64 bits per heavy atom. The summed E-state index contributed by atoms with van der Waals surface area (Å²) in [7, 11) is -3.59. The Morgan fingerprint density at radius 1 is 1.16 bits per heavy atom. The number of nitrogens with zero attached hydrogens (tertiary/aromatic N) is 1. The number of amides is 1. The van der Waals surface area contributed by atoms with Gasteiger partial charge in [0.15, 0.2) is 0 Å². The molecule has 0 radical (unpaired) electrons. The van der Waals surface area contributed by atoms with Crippen LogP contribution in [-0.4, -0.2) is 37.8 Å². The standard InChI is InChI=1S/C18H19FN2O3S/c19-15-7-4-6-14(12-15)18(22)20-13-16-8-5-11-21(16)25(23,24)17-9-2-1-3-10-17/h1-4,6-7,9-10,12,16H,5,8,11,13H2,(H,20,22)/t16-/m0/s1. The van der Waals surface area contributed by atoms with Crippen LogP contribution >= 0.6 is 0 Å². The Hall–Kier alpha value is -2.25. The third kappa shape index (κ3) is 3.88. The Labute approximate surface area is 146 Å². The van der Waals surface area contributed by atoms with Crippen molar-refractivity contribution in [3.8, 4) is 0 Å². The highest BCUT2D eigenvalue weighted by Gasteiger charge is 2.35. The number of halogens is 1. The zero-order chi connectivity index (χ0) is 17.9. The molecule has 1 atom stereocenters. The lowest BCUT2D eigenvalue weighted by Gasteiger charge is -2.24. The van der Waals surface area contributed by atoms with E-state index in [-0.39, 0.29) is 23.0 Å². The normalized spacial score (nSPS) is 18.2. The van der Waals surface area contributed by atoms with E-state index in [2.05, 4.69) is 5.32 Å². The summed E-state index contributed by atoms with van der Waals surface area (Å²) >= 11 is 0. The van der Waals surface area contributed by atoms with Crippen LogP contribution in [0, 0.1) is 5.82 Å². The number of hydrogen-bond donors (Lipinski definition) is 1. The molecule has 1 heterocycles. The van der Waals surface area contributed by atoms with Crippen LogP contribution in [0.4, 0.5) is 4.39 Å². The molecule has 0 unspecified atom stereocenters. The summed E-state index contributed by atoms with van der Waals surface area (Å²) in [5.74, 6) is -0.898. The van der Waals surface area contributed by atoms with E-state index in [1.165, 1.54) is 22.5 Å². The predicted octanol–water partition coefficient (Wildman–Crippen LogP) is 2.41. The molecular weight excluding hydrogens is 343 g/mol. The van der Waals surface area contributed by atoms with Crippen LogP contribution in [-0.2, 0) is 10.0 Å². The van der Waals surface area contributed by atoms with Gasteiger partial charge in [0.25, 0.3) is 5.91 Å². The van der Waals surface area contributed by atoms with E-state index in [0.717, 1.165) is 12.5 Å². The number of carbonyl (C=O) groups is 1. The highest BCUT2D eigenvalue weighted by molar-refractivity contribution is 7.89. The maximum Gasteiger partial charge on any atom is 0.251 e. The van der Waals surface area contributed by atoms with Crippen molar-refractivity contribution in [2.75, 3.05) is 13.1 Å². The highest BCUT2D eigenvalue weighted by atomic mass is 32.2. The van der Waals surface area contributed by atoms with Crippen LogP contribution < -0.4 is 5.32 Å². The average molecular weight is 362 g/mol. The first-order valence-electron chi connectivity index (χ1n) is 8.09. The average Bonchev–Trinajstić information content (AvgIpc) is 3.10. The first-order chi connectivity index (χ1) is 12.0. The lowest BCUT2D eigenvalue weighted by atomic mass is 10.2. The SMILES string of the molecule is O=C(NC[C@@H]1CCCN1S(=O)(=O)c1ccccc1)c1cccc(F)c1. The van der Waals surface area contributed by atoms with E-state index in [4.69, 9.17) is 0 Å². The lowest BCUT2D eigenvalue weighted by molar-refractivity contribution is 0.0946. The summed E-state index contributed by atoms with van der Waals surface area (Å²) in [6.07, 6.45) is 1.42. The molecule has 1 N–H and O–H groups in total. The predicted molar refractivity (Wildman–Crippen MR) is 92.1 cm³/mol. The van der Waals surface area contributed by atoms with Gasteiger partial charge in [-0.15, -0.1) is 0 Å². The van der Waals surface area contributed by atoms with Crippen molar-refractivity contribution < 1.29 is 17.6 Å². The minimum absolute atomic E-state index is 0.196. The number of hydrogen-bond acceptors (Lipinski definition) is 3. The van der Waals surface area contributed by atoms with Gasteiger partial charge in [-0.05, 0) is 43.2 Å². The van der Waals surface area contributed by atoms with Crippen LogP contribution in [0.5, 0.6) is 0 Å². The smallest absolute Gasteiger partial charge is 0.251 e. The zero-order valence-corrected chi connectivity index (χ0v) is 14.4. The van der Waals surface area contributed by atoms with Crippen molar-refractivity contribution in [3.63, 3.8) is 0 Å². The molecular formula is C18H19FN2O3S. The molecule has 0 aromatic heterocycles. The van der Waals surface area contributed by atoms with Crippen molar-refractivity contribution >= 4 is 15.9 Å². The first kappa shape index (κ1) is 17.6. The van der Waals surface area contributed by atoms with Crippen molar-refractivity contribution in [2.24, 2.45) is 0 Å². The minimum Gasteiger partial charge on any atom is -0.350 e. The minimum atomic E-state index is -3.59. The van der Waals surface area contributed by atoms with E-state index in [9.17, 15) is 17.6 Å². The van der Waals surface area contributed by atoms with Gasteiger partial charge >= 0.3 is 0 Å². The van der Waals surface area contributed by atoms with Crippen LogP contribution in [0.2, 0.25) is 0 Å². The molecule has 7 heteroatoms. The van der Waals surface area contributed by atoms with Gasteiger partial charge in [0, 0.05) is 24.7 Å². The molecule has 132 valence electrons. The number of sulfonamides is 1. The molecule has 25 heavy (non-hydrogen) atoms. The van der Waals surface area contributed by atoms with Crippen molar-refractivity contribution in [2.45, 2.75) is 23.8 Å². The van der Waals surface area contributed by atoms with E-state index < -0.39 is 21.7 Å². The van der Waals surface area contributed by atoms with Gasteiger partial charge in [-0.25, -0.2) is 12.8 Å². The van der Waals surface area contributed by atoms with Gasteiger partial charge in [-0.2, -0.15) is 4.31 Å². The van der Waals surface area contributed by atoms with Gasteiger partial charge in [0.05, 0.1) is 4.90 Å². The van der Waals surface area contributed by atoms with E-state index in [0.29, 0.717) is 13.0 Å². The van der Waals surface area contributed by atoms with Crippen LogP contribution in [0.3, 0.4) is 0 Å². The lowest BCUT2D eigenvalue weighted by Crippen LogP contribution is -2.43. The molecule has 1 fully saturated rings. The molecule has 5 nitrogen and oxygen atoms in total. The second-order valence-electron chi connectivity index (χ2n) is 5.95. The molecule has 0 spiro atoms. The number of rotatable bonds is 5. The molecule has 1 saturated heterocycles. The van der Waals surface area contributed by atoms with E-state index in [1.807, 2.05) is 0 Å². The topological polar surface area (TPSA) is 66.5 Å². The fourth-order valence-corrected chi connectivity index (χ4v) is 4.71. The monoisotopic (exact) mass is 362 g/mol. The number of nitrogens with one attached hydrogen (secondary N) is 1. The van der Waals surface area contributed by atoms with Crippen molar-refractivity contribution in [1.29, 1.82) is 0 Å². The molecule has 1 amide bonds. The fraction of sp³-hybridized carbons (Fsp3) is 0.278. The molecule has 2 aromatic rings. The van der Waals surface area contributed by atoms with Gasteiger partial charge < -0.3 is 5.32 Å². The fourth-order valence-electron chi connectivity index (χ4n) is 3.00. The van der Waals surface area contributed by atoms with Gasteiger partial charge in [0.2, 0.25) is 10.0 Å². The maximum absolute atomic E-state index is 13.2. The van der Waals surface area contributed by atoms with Gasteiger partial charge in [-0.3, -0.25) is 4.79 Å². The second kappa shape index (κ2) is 7.33. The second-order valence-corrected chi connectivity index (χ2v) is 7.84. The maximum atomic E-state index is 13.2. The Kier molecular flexibility index (Phi) is 5.15. The first-order valence-corrected chi connectivity index (χ1v) is 9.53. The Morgan fingerprint density at radius 2 is 1.92 bits per heavy atom. The molecule has 0 aliphatic carbocycles. The summed E-state index contributed by atoms with van der Waals surface area (Å²) in [5.41, 5.74) is 0.218. The third-order valence-electron chi connectivity index (χ3n) is 4.26. The quantitative estimate of drug-likeness (QED) is 0.888. The number of benzene rings is 2. The summed E-state index contributed by atoms with van der Waals surface area (Å²) < 4.78 is 40.2. The largest absolute Gasteiger partial charge is 0.350 e. The Bertz CT molecular complexity index is 856. The molecule has 0 bridgehead atoms. The van der Waals surface area contributed by atoms with Gasteiger partial charge in [-0.1, -0.05) is 24.3 Å². The molecule has 2 aromatic carbocycles. The summed E-state index contributed by atoms with van der Waals surface area (Å²) in [6, 6.07) is 13.4. The molecule has 3 rings (SSSR count). The molecule has 1 aliphatic heterocycles.